The zero-order chi connectivity index (χ0) is 11.5. The van der Waals surface area contributed by atoms with Crippen molar-refractivity contribution in [1.82, 2.24) is 14.8 Å². The summed E-state index contributed by atoms with van der Waals surface area (Å²) in [5.41, 5.74) is 0.368. The third-order valence-corrected chi connectivity index (χ3v) is 2.38. The van der Waals surface area contributed by atoms with Crippen LogP contribution in [0.3, 0.4) is 0 Å². The molecule has 0 unspecified atom stereocenters. The van der Waals surface area contributed by atoms with Gasteiger partial charge in [-0.1, -0.05) is 0 Å². The van der Waals surface area contributed by atoms with Gasteiger partial charge in [-0.2, -0.15) is 5.10 Å². The highest BCUT2D eigenvalue weighted by Crippen LogP contribution is 2.11. The molecule has 0 radical (unpaired) electrons. The maximum atomic E-state index is 11.7. The van der Waals surface area contributed by atoms with E-state index in [1.165, 1.54) is 0 Å². The smallest absolute Gasteiger partial charge is 0.277 e. The summed E-state index contributed by atoms with van der Waals surface area (Å²) in [4.78, 5) is 15.7. The van der Waals surface area contributed by atoms with Crippen molar-refractivity contribution in [3.8, 4) is 0 Å². The number of aryl methyl sites for hydroxylation is 1. The van der Waals surface area contributed by atoms with Crippen LogP contribution < -0.4 is 5.32 Å². The molecule has 0 atom stereocenters. The Morgan fingerprint density at radius 2 is 2.25 bits per heavy atom. The van der Waals surface area contributed by atoms with E-state index < -0.39 is 0 Å². The number of hydrogen-bond donors (Lipinski definition) is 1. The summed E-state index contributed by atoms with van der Waals surface area (Å²) in [6.45, 7) is 0. The van der Waals surface area contributed by atoms with Gasteiger partial charge in [0.25, 0.3) is 5.91 Å². The number of aromatic nitrogens is 3. The molecule has 0 fully saturated rings. The number of carbonyl (C=O) groups excluding carboxylic acids is 1. The van der Waals surface area contributed by atoms with Crippen LogP contribution in [-0.4, -0.2) is 20.7 Å². The Hall–Kier alpha value is -1.69. The van der Waals surface area contributed by atoms with Gasteiger partial charge in [0.2, 0.25) is 0 Å². The number of nitrogens with zero attached hydrogens (tertiary/aromatic N) is 3. The van der Waals surface area contributed by atoms with Crippen molar-refractivity contribution in [2.75, 3.05) is 5.32 Å². The van der Waals surface area contributed by atoms with E-state index in [2.05, 4.69) is 31.3 Å². The molecule has 2 heterocycles. The molecule has 0 aliphatic rings. The Bertz CT molecular complexity index is 506. The predicted molar refractivity (Wildman–Crippen MR) is 63.1 cm³/mol. The molecule has 0 aliphatic carbocycles. The summed E-state index contributed by atoms with van der Waals surface area (Å²) in [7, 11) is 1.76. The minimum Gasteiger partial charge on any atom is -0.305 e. The first-order chi connectivity index (χ1) is 7.65. The van der Waals surface area contributed by atoms with Gasteiger partial charge in [0.05, 0.1) is 0 Å². The van der Waals surface area contributed by atoms with Crippen LogP contribution in [0.5, 0.6) is 0 Å². The van der Waals surface area contributed by atoms with E-state index >= 15 is 0 Å². The van der Waals surface area contributed by atoms with E-state index in [1.807, 2.05) is 0 Å². The number of rotatable bonds is 2. The van der Waals surface area contributed by atoms with Crippen LogP contribution in [0.2, 0.25) is 0 Å². The number of halogens is 1. The minimum atomic E-state index is -0.268. The highest BCUT2D eigenvalue weighted by atomic mass is 79.9. The van der Waals surface area contributed by atoms with Crippen molar-refractivity contribution >= 4 is 27.7 Å². The van der Waals surface area contributed by atoms with Crippen molar-refractivity contribution in [3.05, 3.63) is 40.8 Å². The standard InChI is InChI=1S/C10H9BrN4O/c1-15-5-4-8(14-15)10(16)13-9-3-2-7(11)6-12-9/h2-6H,1H3,(H,12,13,16). The van der Waals surface area contributed by atoms with Gasteiger partial charge in [0, 0.05) is 23.9 Å². The average molecular weight is 281 g/mol. The summed E-state index contributed by atoms with van der Waals surface area (Å²) in [6, 6.07) is 5.17. The van der Waals surface area contributed by atoms with Gasteiger partial charge in [0.15, 0.2) is 5.69 Å². The van der Waals surface area contributed by atoms with Gasteiger partial charge in [-0.15, -0.1) is 0 Å². The second-order valence-electron chi connectivity index (χ2n) is 3.19. The van der Waals surface area contributed by atoms with Crippen molar-refractivity contribution in [2.24, 2.45) is 7.05 Å². The van der Waals surface area contributed by atoms with E-state index in [4.69, 9.17) is 0 Å². The minimum absolute atomic E-state index is 0.268. The van der Waals surface area contributed by atoms with Crippen LogP contribution in [-0.2, 0) is 7.05 Å². The van der Waals surface area contributed by atoms with Gasteiger partial charge in [0.1, 0.15) is 5.82 Å². The summed E-state index contributed by atoms with van der Waals surface area (Å²) in [5.74, 6) is 0.231. The van der Waals surface area contributed by atoms with Crippen molar-refractivity contribution in [2.45, 2.75) is 0 Å². The Balaban J connectivity index is 2.10. The lowest BCUT2D eigenvalue weighted by Gasteiger charge is -2.01. The first kappa shape index (κ1) is 10.8. The zero-order valence-electron chi connectivity index (χ0n) is 8.51. The van der Waals surface area contributed by atoms with E-state index in [0.717, 1.165) is 4.47 Å². The molecule has 0 aliphatic heterocycles. The molecule has 6 heteroatoms. The number of amides is 1. The molecule has 0 spiro atoms. The molecular formula is C10H9BrN4O. The highest BCUT2D eigenvalue weighted by Gasteiger charge is 2.09. The first-order valence-corrected chi connectivity index (χ1v) is 5.37. The lowest BCUT2D eigenvalue weighted by atomic mass is 10.4. The molecule has 1 amide bonds. The van der Waals surface area contributed by atoms with Gasteiger partial charge in [-0.25, -0.2) is 4.98 Å². The summed E-state index contributed by atoms with van der Waals surface area (Å²) in [5, 5.41) is 6.64. The van der Waals surface area contributed by atoms with Crippen LogP contribution in [0.15, 0.2) is 35.1 Å². The molecule has 0 saturated carbocycles. The second kappa shape index (κ2) is 4.44. The topological polar surface area (TPSA) is 59.8 Å². The maximum absolute atomic E-state index is 11.7. The SMILES string of the molecule is Cn1ccc(C(=O)Nc2ccc(Br)cn2)n1. The largest absolute Gasteiger partial charge is 0.305 e. The second-order valence-corrected chi connectivity index (χ2v) is 4.11. The molecule has 0 aromatic carbocycles. The Kier molecular flexibility index (Phi) is 3.00. The van der Waals surface area contributed by atoms with Crippen LogP contribution in [0.25, 0.3) is 0 Å². The molecule has 16 heavy (non-hydrogen) atoms. The average Bonchev–Trinajstić information content (AvgIpc) is 2.68. The number of hydrogen-bond acceptors (Lipinski definition) is 3. The fourth-order valence-electron chi connectivity index (χ4n) is 1.17. The molecule has 5 nitrogen and oxygen atoms in total. The number of pyridine rings is 1. The van der Waals surface area contributed by atoms with E-state index in [9.17, 15) is 4.79 Å². The maximum Gasteiger partial charge on any atom is 0.277 e. The molecule has 0 saturated heterocycles. The van der Waals surface area contributed by atoms with E-state index in [-0.39, 0.29) is 5.91 Å². The number of carbonyl (C=O) groups is 1. The monoisotopic (exact) mass is 280 g/mol. The molecule has 0 bridgehead atoms. The van der Waals surface area contributed by atoms with Crippen LogP contribution >= 0.6 is 15.9 Å². The van der Waals surface area contributed by atoms with Crippen molar-refractivity contribution in [1.29, 1.82) is 0 Å². The Morgan fingerprint density at radius 3 is 2.81 bits per heavy atom. The van der Waals surface area contributed by atoms with Gasteiger partial charge >= 0.3 is 0 Å². The third-order valence-electron chi connectivity index (χ3n) is 1.92. The number of anilines is 1. The van der Waals surface area contributed by atoms with Crippen LogP contribution in [0, 0.1) is 0 Å². The fourth-order valence-corrected chi connectivity index (χ4v) is 1.40. The molecule has 1 N–H and O–H groups in total. The van der Waals surface area contributed by atoms with Crippen molar-refractivity contribution < 1.29 is 4.79 Å². The predicted octanol–water partition coefficient (Wildman–Crippen LogP) is 1.83. The third kappa shape index (κ3) is 2.46. The first-order valence-electron chi connectivity index (χ1n) is 4.58. The number of nitrogens with one attached hydrogen (secondary N) is 1. The van der Waals surface area contributed by atoms with E-state index in [0.29, 0.717) is 11.5 Å². The van der Waals surface area contributed by atoms with Gasteiger partial charge in [-0.05, 0) is 34.1 Å². The highest BCUT2D eigenvalue weighted by molar-refractivity contribution is 9.10. The fraction of sp³-hybridized carbons (Fsp3) is 0.100. The molecule has 2 aromatic heterocycles. The lowest BCUT2D eigenvalue weighted by Crippen LogP contribution is -2.13. The van der Waals surface area contributed by atoms with Crippen molar-refractivity contribution in [3.63, 3.8) is 0 Å². The van der Waals surface area contributed by atoms with E-state index in [1.54, 1.807) is 42.3 Å². The lowest BCUT2D eigenvalue weighted by molar-refractivity contribution is 0.102. The summed E-state index contributed by atoms with van der Waals surface area (Å²) < 4.78 is 2.44. The Morgan fingerprint density at radius 1 is 1.44 bits per heavy atom. The summed E-state index contributed by atoms with van der Waals surface area (Å²) in [6.07, 6.45) is 3.33. The molecule has 2 aromatic rings. The van der Waals surface area contributed by atoms with Crippen LogP contribution in [0.1, 0.15) is 10.5 Å². The normalized spacial score (nSPS) is 10.1. The quantitative estimate of drug-likeness (QED) is 0.913. The van der Waals surface area contributed by atoms with Gasteiger partial charge < -0.3 is 5.32 Å². The molecule has 82 valence electrons. The Labute approximate surface area is 101 Å². The zero-order valence-corrected chi connectivity index (χ0v) is 10.1. The van der Waals surface area contributed by atoms with Gasteiger partial charge in [-0.3, -0.25) is 9.48 Å². The molecular weight excluding hydrogens is 272 g/mol. The summed E-state index contributed by atoms with van der Waals surface area (Å²) >= 11 is 3.27. The molecule has 2 rings (SSSR count). The van der Waals surface area contributed by atoms with Crippen LogP contribution in [0.4, 0.5) is 5.82 Å².